The van der Waals surface area contributed by atoms with Gasteiger partial charge in [0.1, 0.15) is 0 Å². The summed E-state index contributed by atoms with van der Waals surface area (Å²) in [5.41, 5.74) is 0.747. The third kappa shape index (κ3) is 2.98. The van der Waals surface area contributed by atoms with Crippen molar-refractivity contribution in [1.82, 2.24) is 4.90 Å². The van der Waals surface area contributed by atoms with E-state index in [1.54, 1.807) is 31.3 Å². The zero-order chi connectivity index (χ0) is 17.3. The summed E-state index contributed by atoms with van der Waals surface area (Å²) in [4.78, 5) is 24.6. The van der Waals surface area contributed by atoms with Crippen LogP contribution in [0.5, 0.6) is 11.5 Å². The zero-order valence-electron chi connectivity index (χ0n) is 12.7. The number of carbonyl (C=O) groups excluding carboxylic acids is 1. The van der Waals surface area contributed by atoms with Crippen LogP contribution in [0.3, 0.4) is 0 Å². The largest absolute Gasteiger partial charge is 0.454 e. The fourth-order valence-electron chi connectivity index (χ4n) is 2.46. The van der Waals surface area contributed by atoms with E-state index in [1.807, 2.05) is 0 Å². The number of para-hydroxylation sites is 1. The van der Waals surface area contributed by atoms with Gasteiger partial charge in [-0.15, -0.1) is 0 Å². The van der Waals surface area contributed by atoms with Gasteiger partial charge in [0.2, 0.25) is 6.79 Å². The minimum absolute atomic E-state index is 0.0270. The molecular weight excluding hydrogens is 336 g/mol. The molecule has 1 heterocycles. The monoisotopic (exact) mass is 348 g/mol. The van der Waals surface area contributed by atoms with Crippen LogP contribution in [-0.2, 0) is 6.54 Å². The number of benzene rings is 2. The first kappa shape index (κ1) is 16.1. The number of halogens is 1. The Morgan fingerprint density at radius 2 is 2.08 bits per heavy atom. The average Bonchev–Trinajstić information content (AvgIpc) is 3.03. The predicted octanol–water partition coefficient (Wildman–Crippen LogP) is 3.25. The highest BCUT2D eigenvalue weighted by atomic mass is 35.5. The van der Waals surface area contributed by atoms with Gasteiger partial charge in [0.25, 0.3) is 11.6 Å². The Hall–Kier alpha value is -2.80. The molecule has 0 saturated carbocycles. The molecule has 8 heteroatoms. The minimum atomic E-state index is -0.467. The van der Waals surface area contributed by atoms with Crippen molar-refractivity contribution in [1.29, 1.82) is 0 Å². The smallest absolute Gasteiger partial charge is 0.274 e. The Balaban J connectivity index is 1.84. The molecule has 0 N–H and O–H groups in total. The lowest BCUT2D eigenvalue weighted by atomic mass is 10.1. The number of amides is 1. The summed E-state index contributed by atoms with van der Waals surface area (Å²) >= 11 is 6.09. The maximum atomic E-state index is 12.6. The van der Waals surface area contributed by atoms with Crippen LogP contribution >= 0.6 is 11.6 Å². The summed E-state index contributed by atoms with van der Waals surface area (Å²) in [7, 11) is 1.57. The van der Waals surface area contributed by atoms with Gasteiger partial charge in [-0.25, -0.2) is 0 Å². The van der Waals surface area contributed by atoms with Gasteiger partial charge in [-0.3, -0.25) is 14.9 Å². The van der Waals surface area contributed by atoms with Crippen molar-refractivity contribution < 1.29 is 19.2 Å². The summed E-state index contributed by atoms with van der Waals surface area (Å²) in [6, 6.07) is 9.35. The van der Waals surface area contributed by atoms with E-state index in [0.29, 0.717) is 22.6 Å². The number of fused-ring (bicyclic) bond motifs is 1. The van der Waals surface area contributed by atoms with Crippen LogP contribution in [0.25, 0.3) is 0 Å². The molecule has 0 unspecified atom stereocenters. The lowest BCUT2D eigenvalue weighted by molar-refractivity contribution is -0.385. The van der Waals surface area contributed by atoms with Crippen molar-refractivity contribution in [3.8, 4) is 11.5 Å². The second-order valence-corrected chi connectivity index (χ2v) is 5.65. The van der Waals surface area contributed by atoms with E-state index in [4.69, 9.17) is 21.1 Å². The van der Waals surface area contributed by atoms with Crippen molar-refractivity contribution in [3.63, 3.8) is 0 Å². The molecule has 0 spiro atoms. The maximum absolute atomic E-state index is 12.6. The molecule has 0 aliphatic carbocycles. The quantitative estimate of drug-likeness (QED) is 0.625. The zero-order valence-corrected chi connectivity index (χ0v) is 13.4. The van der Waals surface area contributed by atoms with Crippen LogP contribution in [0.1, 0.15) is 15.9 Å². The number of nitrogens with zero attached hydrogens (tertiary/aromatic N) is 2. The van der Waals surface area contributed by atoms with Gasteiger partial charge in [0, 0.05) is 24.2 Å². The van der Waals surface area contributed by atoms with Crippen LogP contribution < -0.4 is 9.47 Å². The molecule has 3 rings (SSSR count). The summed E-state index contributed by atoms with van der Waals surface area (Å²) in [5.74, 6) is 0.493. The molecule has 0 aromatic heterocycles. The summed E-state index contributed by atoms with van der Waals surface area (Å²) < 4.78 is 10.5. The molecule has 0 radical (unpaired) electrons. The van der Waals surface area contributed by atoms with Crippen molar-refractivity contribution in [2.24, 2.45) is 0 Å². The third-order valence-corrected chi connectivity index (χ3v) is 3.90. The van der Waals surface area contributed by atoms with Gasteiger partial charge in [-0.05, 0) is 12.1 Å². The van der Waals surface area contributed by atoms with Gasteiger partial charge in [0.05, 0.1) is 16.5 Å². The van der Waals surface area contributed by atoms with E-state index < -0.39 is 4.92 Å². The van der Waals surface area contributed by atoms with Crippen molar-refractivity contribution >= 4 is 23.2 Å². The molecule has 7 nitrogen and oxygen atoms in total. The van der Waals surface area contributed by atoms with E-state index in [-0.39, 0.29) is 30.0 Å². The lowest BCUT2D eigenvalue weighted by Gasteiger charge is -2.17. The molecule has 1 aliphatic rings. The molecule has 0 atom stereocenters. The van der Waals surface area contributed by atoms with Gasteiger partial charge < -0.3 is 14.4 Å². The fraction of sp³-hybridized carbons (Fsp3) is 0.188. The van der Waals surface area contributed by atoms with E-state index in [1.165, 1.54) is 17.0 Å². The standard InChI is InChI=1S/C16H13ClN2O5/c1-18(8-10-4-2-3-5-13(10)19(21)22)16(20)11-6-12(17)15-14(7-11)23-9-24-15/h2-7H,8-9H2,1H3. The molecule has 0 fully saturated rings. The van der Waals surface area contributed by atoms with Gasteiger partial charge >= 0.3 is 0 Å². The molecule has 0 saturated heterocycles. The second kappa shape index (κ2) is 6.37. The molecular formula is C16H13ClN2O5. The number of hydrogen-bond donors (Lipinski definition) is 0. The fourth-order valence-corrected chi connectivity index (χ4v) is 2.73. The first-order chi connectivity index (χ1) is 11.5. The van der Waals surface area contributed by atoms with E-state index >= 15 is 0 Å². The van der Waals surface area contributed by atoms with Crippen LogP contribution in [-0.4, -0.2) is 29.6 Å². The number of rotatable bonds is 4. The average molecular weight is 349 g/mol. The molecule has 124 valence electrons. The summed E-state index contributed by atoms with van der Waals surface area (Å²) in [6.45, 7) is 0.154. The van der Waals surface area contributed by atoms with Crippen molar-refractivity contribution in [2.75, 3.05) is 13.8 Å². The van der Waals surface area contributed by atoms with Crippen LogP contribution in [0.4, 0.5) is 5.69 Å². The van der Waals surface area contributed by atoms with E-state index in [0.717, 1.165) is 0 Å². The van der Waals surface area contributed by atoms with Crippen LogP contribution in [0, 0.1) is 10.1 Å². The first-order valence-electron chi connectivity index (χ1n) is 7.04. The number of nitro groups is 1. The molecule has 24 heavy (non-hydrogen) atoms. The van der Waals surface area contributed by atoms with Crippen LogP contribution in [0.15, 0.2) is 36.4 Å². The Morgan fingerprint density at radius 1 is 1.33 bits per heavy atom. The van der Waals surface area contributed by atoms with Gasteiger partial charge in [-0.2, -0.15) is 0 Å². The lowest BCUT2D eigenvalue weighted by Crippen LogP contribution is -2.26. The Bertz CT molecular complexity index is 824. The number of carbonyl (C=O) groups is 1. The molecule has 2 aromatic carbocycles. The summed E-state index contributed by atoms with van der Waals surface area (Å²) in [6.07, 6.45) is 0. The molecule has 1 amide bonds. The Morgan fingerprint density at radius 3 is 2.83 bits per heavy atom. The van der Waals surface area contributed by atoms with Crippen LogP contribution in [0.2, 0.25) is 5.02 Å². The number of nitro benzene ring substituents is 1. The summed E-state index contributed by atoms with van der Waals surface area (Å²) in [5, 5.41) is 11.4. The highest BCUT2D eigenvalue weighted by Gasteiger charge is 2.23. The predicted molar refractivity (Wildman–Crippen MR) is 86.5 cm³/mol. The Kier molecular flexibility index (Phi) is 4.26. The van der Waals surface area contributed by atoms with Crippen molar-refractivity contribution in [3.05, 3.63) is 62.7 Å². The second-order valence-electron chi connectivity index (χ2n) is 5.24. The normalized spacial score (nSPS) is 12.1. The van der Waals surface area contributed by atoms with Gasteiger partial charge in [-0.1, -0.05) is 29.8 Å². The molecule has 2 aromatic rings. The number of ether oxygens (including phenoxy) is 2. The Labute approximate surface area is 142 Å². The van der Waals surface area contributed by atoms with E-state index in [9.17, 15) is 14.9 Å². The third-order valence-electron chi connectivity index (χ3n) is 3.62. The number of hydrogen-bond acceptors (Lipinski definition) is 5. The first-order valence-corrected chi connectivity index (χ1v) is 7.42. The van der Waals surface area contributed by atoms with Crippen molar-refractivity contribution in [2.45, 2.75) is 6.54 Å². The van der Waals surface area contributed by atoms with E-state index in [2.05, 4.69) is 0 Å². The minimum Gasteiger partial charge on any atom is -0.454 e. The highest BCUT2D eigenvalue weighted by molar-refractivity contribution is 6.32. The maximum Gasteiger partial charge on any atom is 0.274 e. The molecule has 0 bridgehead atoms. The SMILES string of the molecule is CN(Cc1ccccc1[N+](=O)[O-])C(=O)c1cc(Cl)c2c(c1)OCO2. The van der Waals surface area contributed by atoms with Gasteiger partial charge in [0.15, 0.2) is 11.5 Å². The topological polar surface area (TPSA) is 81.9 Å². The molecule has 1 aliphatic heterocycles. The highest BCUT2D eigenvalue weighted by Crippen LogP contribution is 2.40.